The van der Waals surface area contributed by atoms with Crippen molar-refractivity contribution in [2.24, 2.45) is 0 Å². The van der Waals surface area contributed by atoms with Crippen molar-refractivity contribution in [1.82, 2.24) is 5.32 Å². The number of halogens is 1. The molecule has 4 heteroatoms. The Balaban J connectivity index is 2.13. The average Bonchev–Trinajstić information content (AvgIpc) is 2.82. The predicted molar refractivity (Wildman–Crippen MR) is 78.7 cm³/mol. The number of rotatable bonds is 5. The van der Waals surface area contributed by atoms with Crippen LogP contribution in [0.1, 0.15) is 29.4 Å². The summed E-state index contributed by atoms with van der Waals surface area (Å²) in [5.74, 6) is 0.582. The van der Waals surface area contributed by atoms with Crippen LogP contribution in [-0.4, -0.2) is 17.8 Å². The Labute approximate surface area is 116 Å². The number of benzene rings is 1. The zero-order chi connectivity index (χ0) is 13.0. The zero-order valence-electron chi connectivity index (χ0n) is 10.3. The van der Waals surface area contributed by atoms with Crippen LogP contribution >= 0.6 is 22.9 Å². The van der Waals surface area contributed by atoms with Crippen LogP contribution in [0.25, 0.3) is 10.1 Å². The van der Waals surface area contributed by atoms with Crippen molar-refractivity contribution in [3.8, 4) is 0 Å². The van der Waals surface area contributed by atoms with E-state index in [0.29, 0.717) is 5.88 Å². The number of carbonyl (C=O) groups excluding carboxylic acids is 1. The smallest absolute Gasteiger partial charge is 0.261 e. The fraction of sp³-hybridized carbons (Fsp3) is 0.357. The van der Waals surface area contributed by atoms with E-state index >= 15 is 0 Å². The molecule has 2 nitrogen and oxygen atoms in total. The zero-order valence-corrected chi connectivity index (χ0v) is 11.9. The molecule has 2 aromatic rings. The number of fused-ring (bicyclic) bond motifs is 1. The topological polar surface area (TPSA) is 29.1 Å². The van der Waals surface area contributed by atoms with Gasteiger partial charge in [-0.1, -0.05) is 25.1 Å². The van der Waals surface area contributed by atoms with Gasteiger partial charge in [0, 0.05) is 16.6 Å². The molecule has 1 unspecified atom stereocenters. The second kappa shape index (κ2) is 6.21. The number of carbonyl (C=O) groups is 1. The normalized spacial score (nSPS) is 12.6. The van der Waals surface area contributed by atoms with Crippen LogP contribution in [0.3, 0.4) is 0 Å². The number of thiophene rings is 1. The van der Waals surface area contributed by atoms with Gasteiger partial charge in [-0.25, -0.2) is 0 Å². The number of hydrogen-bond donors (Lipinski definition) is 1. The van der Waals surface area contributed by atoms with Gasteiger partial charge >= 0.3 is 0 Å². The monoisotopic (exact) mass is 281 g/mol. The molecule has 0 aliphatic rings. The maximum Gasteiger partial charge on any atom is 0.261 e. The molecule has 0 radical (unpaired) electrons. The summed E-state index contributed by atoms with van der Waals surface area (Å²) in [7, 11) is 0. The van der Waals surface area contributed by atoms with Crippen molar-refractivity contribution in [2.75, 3.05) is 5.88 Å². The lowest BCUT2D eigenvalue weighted by atomic mass is 10.1. The first-order valence-electron chi connectivity index (χ1n) is 6.10. The van der Waals surface area contributed by atoms with Gasteiger partial charge in [-0.15, -0.1) is 22.9 Å². The quantitative estimate of drug-likeness (QED) is 0.824. The highest BCUT2D eigenvalue weighted by molar-refractivity contribution is 7.20. The van der Waals surface area contributed by atoms with Crippen molar-refractivity contribution in [1.29, 1.82) is 0 Å². The summed E-state index contributed by atoms with van der Waals surface area (Å²) in [4.78, 5) is 12.9. The molecule has 1 aromatic heterocycles. The van der Waals surface area contributed by atoms with E-state index in [1.165, 1.54) is 11.3 Å². The number of nitrogens with one attached hydrogen (secondary N) is 1. The van der Waals surface area contributed by atoms with Crippen LogP contribution in [0.15, 0.2) is 30.3 Å². The molecule has 1 amide bonds. The molecule has 1 N–H and O–H groups in total. The summed E-state index contributed by atoms with van der Waals surface area (Å²) in [5.41, 5.74) is 0. The SMILES string of the molecule is CCC(CCCl)NC(=O)c1cc2ccccc2s1. The minimum Gasteiger partial charge on any atom is -0.349 e. The third kappa shape index (κ3) is 3.03. The summed E-state index contributed by atoms with van der Waals surface area (Å²) >= 11 is 7.25. The lowest BCUT2D eigenvalue weighted by Crippen LogP contribution is -2.34. The van der Waals surface area contributed by atoms with E-state index in [1.54, 1.807) is 0 Å². The molecule has 0 saturated carbocycles. The number of amides is 1. The minimum atomic E-state index is 0.00756. The highest BCUT2D eigenvalue weighted by Gasteiger charge is 2.14. The van der Waals surface area contributed by atoms with Crippen molar-refractivity contribution < 1.29 is 4.79 Å². The molecule has 0 saturated heterocycles. The molecule has 96 valence electrons. The van der Waals surface area contributed by atoms with Crippen molar-refractivity contribution >= 4 is 38.9 Å². The first-order chi connectivity index (χ1) is 8.74. The Morgan fingerprint density at radius 3 is 2.89 bits per heavy atom. The largest absolute Gasteiger partial charge is 0.349 e. The van der Waals surface area contributed by atoms with Gasteiger partial charge in [-0.3, -0.25) is 4.79 Å². The summed E-state index contributed by atoms with van der Waals surface area (Å²) in [6.07, 6.45) is 1.72. The molecule has 18 heavy (non-hydrogen) atoms. The van der Waals surface area contributed by atoms with Crippen LogP contribution in [0.4, 0.5) is 0 Å². The molecular formula is C14H16ClNOS. The van der Waals surface area contributed by atoms with E-state index in [9.17, 15) is 4.79 Å². The summed E-state index contributed by atoms with van der Waals surface area (Å²) in [6, 6.07) is 10.1. The lowest BCUT2D eigenvalue weighted by molar-refractivity contribution is 0.0939. The third-order valence-corrected chi connectivity index (χ3v) is 4.27. The van der Waals surface area contributed by atoms with E-state index < -0.39 is 0 Å². The molecule has 1 aromatic carbocycles. The predicted octanol–water partition coefficient (Wildman–Crippen LogP) is 4.04. The Hall–Kier alpha value is -1.06. The van der Waals surface area contributed by atoms with Crippen LogP contribution in [0.2, 0.25) is 0 Å². The Morgan fingerprint density at radius 1 is 1.44 bits per heavy atom. The molecule has 0 bridgehead atoms. The van der Waals surface area contributed by atoms with E-state index in [2.05, 4.69) is 12.2 Å². The first kappa shape index (κ1) is 13.4. The molecule has 2 rings (SSSR count). The number of hydrogen-bond acceptors (Lipinski definition) is 2. The second-order valence-electron chi connectivity index (χ2n) is 4.20. The van der Waals surface area contributed by atoms with Gasteiger partial charge in [0.25, 0.3) is 5.91 Å². The summed E-state index contributed by atoms with van der Waals surface area (Å²) in [5, 5.41) is 4.16. The highest BCUT2D eigenvalue weighted by atomic mass is 35.5. The molecule has 0 fully saturated rings. The second-order valence-corrected chi connectivity index (χ2v) is 5.67. The van der Waals surface area contributed by atoms with Crippen LogP contribution in [-0.2, 0) is 0 Å². The van der Waals surface area contributed by atoms with Gasteiger partial charge in [0.2, 0.25) is 0 Å². The van der Waals surface area contributed by atoms with E-state index in [1.807, 2.05) is 30.3 Å². The van der Waals surface area contributed by atoms with Crippen molar-refractivity contribution in [2.45, 2.75) is 25.8 Å². The molecule has 1 atom stereocenters. The van der Waals surface area contributed by atoms with E-state index in [4.69, 9.17) is 11.6 Å². The molecule has 0 spiro atoms. The summed E-state index contributed by atoms with van der Waals surface area (Å²) < 4.78 is 1.15. The van der Waals surface area contributed by atoms with Gasteiger partial charge in [0.05, 0.1) is 4.88 Å². The lowest BCUT2D eigenvalue weighted by Gasteiger charge is -2.14. The fourth-order valence-electron chi connectivity index (χ4n) is 1.86. The van der Waals surface area contributed by atoms with Crippen LogP contribution in [0, 0.1) is 0 Å². The molecule has 1 heterocycles. The fourth-order valence-corrected chi connectivity index (χ4v) is 3.09. The van der Waals surface area contributed by atoms with Crippen molar-refractivity contribution in [3.63, 3.8) is 0 Å². The van der Waals surface area contributed by atoms with Crippen molar-refractivity contribution in [3.05, 3.63) is 35.2 Å². The molecular weight excluding hydrogens is 266 g/mol. The van der Waals surface area contributed by atoms with Gasteiger partial charge in [0.1, 0.15) is 0 Å². The minimum absolute atomic E-state index is 0.00756. The molecule has 0 aliphatic heterocycles. The first-order valence-corrected chi connectivity index (χ1v) is 7.45. The average molecular weight is 282 g/mol. The van der Waals surface area contributed by atoms with Crippen LogP contribution in [0.5, 0.6) is 0 Å². The maximum absolute atomic E-state index is 12.1. The Kier molecular flexibility index (Phi) is 4.61. The Morgan fingerprint density at radius 2 is 2.22 bits per heavy atom. The van der Waals surface area contributed by atoms with Crippen LogP contribution < -0.4 is 5.32 Å². The van der Waals surface area contributed by atoms with E-state index in [0.717, 1.165) is 27.8 Å². The van der Waals surface area contributed by atoms with Gasteiger partial charge in [-0.05, 0) is 30.4 Å². The number of alkyl halides is 1. The van der Waals surface area contributed by atoms with E-state index in [-0.39, 0.29) is 11.9 Å². The standard InChI is InChI=1S/C14H16ClNOS/c1-2-11(7-8-15)16-14(17)13-9-10-5-3-4-6-12(10)18-13/h3-6,9,11H,2,7-8H2,1H3,(H,16,17). The van der Waals surface area contributed by atoms with Gasteiger partial charge < -0.3 is 5.32 Å². The maximum atomic E-state index is 12.1. The van der Waals surface area contributed by atoms with Gasteiger partial charge in [-0.2, -0.15) is 0 Å². The molecule has 0 aliphatic carbocycles. The third-order valence-electron chi connectivity index (χ3n) is 2.93. The highest BCUT2D eigenvalue weighted by Crippen LogP contribution is 2.25. The summed E-state index contributed by atoms with van der Waals surface area (Å²) in [6.45, 7) is 2.06. The Bertz CT molecular complexity index is 504. The van der Waals surface area contributed by atoms with Gasteiger partial charge in [0.15, 0.2) is 0 Å².